The predicted molar refractivity (Wildman–Crippen MR) is 65.5 cm³/mol. The average molecular weight is 237 g/mol. The van der Waals surface area contributed by atoms with Gasteiger partial charge < -0.3 is 15.3 Å². The van der Waals surface area contributed by atoms with Crippen LogP contribution < -0.4 is 5.32 Å². The second-order valence-electron chi connectivity index (χ2n) is 3.65. The maximum atomic E-state index is 11.6. The minimum Gasteiger partial charge on any atom is -0.387 e. The fourth-order valence-corrected chi connectivity index (χ4v) is 1.51. The summed E-state index contributed by atoms with van der Waals surface area (Å²) in [6, 6.07) is 3.31. The fraction of sp³-hybridized carbons (Fsp3) is 0.500. The zero-order chi connectivity index (χ0) is 12.7. The first-order chi connectivity index (χ1) is 8.19. The molecule has 2 amide bonds. The summed E-state index contributed by atoms with van der Waals surface area (Å²) < 4.78 is 0. The number of aliphatic hydroxyl groups is 1. The fourth-order valence-electron chi connectivity index (χ4n) is 1.51. The number of rotatable bonds is 5. The van der Waals surface area contributed by atoms with Crippen LogP contribution in [0.4, 0.5) is 4.79 Å². The quantitative estimate of drug-likeness (QED) is 0.807. The molecule has 0 aliphatic rings. The molecule has 0 fully saturated rings. The van der Waals surface area contributed by atoms with Crippen molar-refractivity contribution < 1.29 is 9.90 Å². The number of pyridine rings is 1. The molecule has 0 aliphatic carbocycles. The Morgan fingerprint density at radius 2 is 2.00 bits per heavy atom. The molecular formula is C12H19N3O2. The van der Waals surface area contributed by atoms with Crippen LogP contribution in [0, 0.1) is 0 Å². The zero-order valence-electron chi connectivity index (χ0n) is 10.3. The van der Waals surface area contributed by atoms with Crippen molar-refractivity contribution in [3.8, 4) is 0 Å². The number of amides is 2. The van der Waals surface area contributed by atoms with E-state index in [1.165, 1.54) is 0 Å². The average Bonchev–Trinajstić information content (AvgIpc) is 2.38. The summed E-state index contributed by atoms with van der Waals surface area (Å²) in [5, 5.41) is 12.5. The van der Waals surface area contributed by atoms with E-state index in [0.717, 1.165) is 5.56 Å². The first kappa shape index (κ1) is 13.4. The smallest absolute Gasteiger partial charge is 0.317 e. The van der Waals surface area contributed by atoms with Crippen molar-refractivity contribution >= 4 is 6.03 Å². The van der Waals surface area contributed by atoms with Crippen LogP contribution >= 0.6 is 0 Å². The maximum absolute atomic E-state index is 11.6. The molecule has 1 aromatic heterocycles. The number of aliphatic hydroxyl groups excluding tert-OH is 1. The Kier molecular flexibility index (Phi) is 5.42. The molecule has 0 aliphatic heterocycles. The van der Waals surface area contributed by atoms with E-state index in [1.807, 2.05) is 13.8 Å². The normalized spacial score (nSPS) is 11.9. The van der Waals surface area contributed by atoms with Gasteiger partial charge in [-0.1, -0.05) is 0 Å². The van der Waals surface area contributed by atoms with Crippen LogP contribution in [0.5, 0.6) is 0 Å². The van der Waals surface area contributed by atoms with Gasteiger partial charge in [0.2, 0.25) is 0 Å². The highest BCUT2D eigenvalue weighted by atomic mass is 16.3. The molecule has 0 radical (unpaired) electrons. The summed E-state index contributed by atoms with van der Waals surface area (Å²) in [5.74, 6) is 0. The van der Waals surface area contributed by atoms with E-state index in [2.05, 4.69) is 10.3 Å². The Hall–Kier alpha value is -1.62. The molecule has 0 spiro atoms. The van der Waals surface area contributed by atoms with Gasteiger partial charge >= 0.3 is 6.03 Å². The van der Waals surface area contributed by atoms with Gasteiger partial charge in [-0.15, -0.1) is 0 Å². The molecule has 1 rings (SSSR count). The lowest BCUT2D eigenvalue weighted by molar-refractivity contribution is 0.163. The SMILES string of the molecule is CCN(CC)C(=O)NCC(O)c1ccncc1. The van der Waals surface area contributed by atoms with Gasteiger partial charge in [0.05, 0.1) is 6.10 Å². The van der Waals surface area contributed by atoms with Crippen LogP contribution in [-0.4, -0.2) is 40.7 Å². The second-order valence-corrected chi connectivity index (χ2v) is 3.65. The van der Waals surface area contributed by atoms with Gasteiger partial charge in [-0.2, -0.15) is 0 Å². The number of carbonyl (C=O) groups excluding carboxylic acids is 1. The Morgan fingerprint density at radius 1 is 1.41 bits per heavy atom. The van der Waals surface area contributed by atoms with Crippen LogP contribution in [0.15, 0.2) is 24.5 Å². The molecule has 5 heteroatoms. The first-order valence-corrected chi connectivity index (χ1v) is 5.79. The van der Waals surface area contributed by atoms with Gasteiger partial charge in [-0.05, 0) is 31.5 Å². The molecule has 1 heterocycles. The minimum atomic E-state index is -0.697. The topological polar surface area (TPSA) is 65.5 Å². The van der Waals surface area contributed by atoms with Gasteiger partial charge in [0.1, 0.15) is 0 Å². The number of nitrogens with zero attached hydrogens (tertiary/aromatic N) is 2. The third kappa shape index (κ3) is 4.03. The Morgan fingerprint density at radius 3 is 2.53 bits per heavy atom. The molecule has 1 aromatic rings. The van der Waals surface area contributed by atoms with E-state index in [0.29, 0.717) is 13.1 Å². The predicted octanol–water partition coefficient (Wildman–Crippen LogP) is 1.17. The van der Waals surface area contributed by atoms with E-state index in [4.69, 9.17) is 0 Å². The largest absolute Gasteiger partial charge is 0.387 e. The highest BCUT2D eigenvalue weighted by Crippen LogP contribution is 2.09. The maximum Gasteiger partial charge on any atom is 0.317 e. The third-order valence-electron chi connectivity index (χ3n) is 2.59. The molecule has 0 aromatic carbocycles. The van der Waals surface area contributed by atoms with E-state index >= 15 is 0 Å². The monoisotopic (exact) mass is 237 g/mol. The van der Waals surface area contributed by atoms with Crippen molar-refractivity contribution in [2.45, 2.75) is 20.0 Å². The molecular weight excluding hydrogens is 218 g/mol. The standard InChI is InChI=1S/C12H19N3O2/c1-3-15(4-2)12(17)14-9-11(16)10-5-7-13-8-6-10/h5-8,11,16H,3-4,9H2,1-2H3,(H,14,17). The molecule has 1 atom stereocenters. The highest BCUT2D eigenvalue weighted by molar-refractivity contribution is 5.74. The molecule has 1 unspecified atom stereocenters. The minimum absolute atomic E-state index is 0.150. The highest BCUT2D eigenvalue weighted by Gasteiger charge is 2.12. The van der Waals surface area contributed by atoms with Gasteiger partial charge in [0, 0.05) is 32.0 Å². The van der Waals surface area contributed by atoms with Gasteiger partial charge in [0.15, 0.2) is 0 Å². The number of carbonyl (C=O) groups is 1. The molecule has 0 bridgehead atoms. The summed E-state index contributed by atoms with van der Waals surface area (Å²) in [5.41, 5.74) is 0.750. The third-order valence-corrected chi connectivity index (χ3v) is 2.59. The van der Waals surface area contributed by atoms with Gasteiger partial charge in [-0.3, -0.25) is 4.98 Å². The molecule has 2 N–H and O–H groups in total. The lowest BCUT2D eigenvalue weighted by Gasteiger charge is -2.20. The lowest BCUT2D eigenvalue weighted by Crippen LogP contribution is -2.41. The molecule has 0 saturated carbocycles. The van der Waals surface area contributed by atoms with Crippen molar-refractivity contribution in [2.24, 2.45) is 0 Å². The van der Waals surface area contributed by atoms with Crippen molar-refractivity contribution in [3.05, 3.63) is 30.1 Å². The van der Waals surface area contributed by atoms with Crippen molar-refractivity contribution in [1.82, 2.24) is 15.2 Å². The number of aromatic nitrogens is 1. The molecule has 17 heavy (non-hydrogen) atoms. The summed E-state index contributed by atoms with van der Waals surface area (Å²) >= 11 is 0. The summed E-state index contributed by atoms with van der Waals surface area (Å²) in [7, 11) is 0. The van der Waals surface area contributed by atoms with Crippen molar-refractivity contribution in [2.75, 3.05) is 19.6 Å². The number of urea groups is 1. The number of hydrogen-bond donors (Lipinski definition) is 2. The van der Waals surface area contributed by atoms with Gasteiger partial charge in [-0.25, -0.2) is 4.79 Å². The molecule has 0 saturated heterocycles. The van der Waals surface area contributed by atoms with Crippen molar-refractivity contribution in [1.29, 1.82) is 0 Å². The number of nitrogens with one attached hydrogen (secondary N) is 1. The summed E-state index contributed by atoms with van der Waals surface area (Å²) in [6.07, 6.45) is 2.53. The van der Waals surface area contributed by atoms with Gasteiger partial charge in [0.25, 0.3) is 0 Å². The van der Waals surface area contributed by atoms with Crippen molar-refractivity contribution in [3.63, 3.8) is 0 Å². The second kappa shape index (κ2) is 6.85. The first-order valence-electron chi connectivity index (χ1n) is 5.79. The van der Waals surface area contributed by atoms with E-state index in [9.17, 15) is 9.90 Å². The Bertz CT molecular complexity index is 339. The van der Waals surface area contributed by atoms with Crippen LogP contribution in [0.25, 0.3) is 0 Å². The Balaban J connectivity index is 2.43. The van der Waals surface area contributed by atoms with Crippen LogP contribution in [0.3, 0.4) is 0 Å². The van der Waals surface area contributed by atoms with E-state index in [-0.39, 0.29) is 12.6 Å². The Labute approximate surface area is 101 Å². The summed E-state index contributed by atoms with van der Waals surface area (Å²) in [4.78, 5) is 17.2. The molecule has 94 valence electrons. The van der Waals surface area contributed by atoms with E-state index in [1.54, 1.807) is 29.4 Å². The number of hydrogen-bond acceptors (Lipinski definition) is 3. The van der Waals surface area contributed by atoms with E-state index < -0.39 is 6.10 Å². The zero-order valence-corrected chi connectivity index (χ0v) is 10.3. The summed E-state index contributed by atoms with van der Waals surface area (Å²) in [6.45, 7) is 5.37. The lowest BCUT2D eigenvalue weighted by atomic mass is 10.1. The van der Waals surface area contributed by atoms with Crippen LogP contribution in [0.1, 0.15) is 25.5 Å². The molecule has 5 nitrogen and oxygen atoms in total. The van der Waals surface area contributed by atoms with Crippen LogP contribution in [0.2, 0.25) is 0 Å². The van der Waals surface area contributed by atoms with Crippen LogP contribution in [-0.2, 0) is 0 Å².